The molecule has 0 aliphatic rings. The van der Waals surface area contributed by atoms with E-state index in [0.29, 0.717) is 18.0 Å². The van der Waals surface area contributed by atoms with Gasteiger partial charge in [-0.2, -0.15) is 5.10 Å². The second-order valence-corrected chi connectivity index (χ2v) is 4.41. The molecule has 0 spiro atoms. The van der Waals surface area contributed by atoms with E-state index in [1.54, 1.807) is 12.1 Å². The van der Waals surface area contributed by atoms with Gasteiger partial charge in [-0.05, 0) is 6.92 Å². The van der Waals surface area contributed by atoms with Gasteiger partial charge in [0.2, 0.25) is 0 Å². The number of ether oxygens (including phenoxy) is 1. The van der Waals surface area contributed by atoms with Gasteiger partial charge in [0.1, 0.15) is 6.33 Å². The highest BCUT2D eigenvalue weighted by Crippen LogP contribution is 2.20. The standard InChI is InChI=1S/C13H16N4O4/c1-2-21-8-12(18)7-16-9-14-13(15-16)10-4-3-5-11(6-10)17(19)20/h3-6,9,12,18H,2,7-8H2,1H3/t12-/m0/s1. The zero-order valence-corrected chi connectivity index (χ0v) is 11.5. The summed E-state index contributed by atoms with van der Waals surface area (Å²) in [6, 6.07) is 6.10. The van der Waals surface area contributed by atoms with Crippen LogP contribution in [0, 0.1) is 10.1 Å². The van der Waals surface area contributed by atoms with Crippen LogP contribution in [0.3, 0.4) is 0 Å². The molecule has 0 fully saturated rings. The van der Waals surface area contributed by atoms with E-state index in [1.165, 1.54) is 23.1 Å². The normalized spacial score (nSPS) is 12.3. The van der Waals surface area contributed by atoms with Gasteiger partial charge in [-0.3, -0.25) is 10.1 Å². The summed E-state index contributed by atoms with van der Waals surface area (Å²) in [6.45, 7) is 2.86. The van der Waals surface area contributed by atoms with E-state index in [1.807, 2.05) is 6.92 Å². The highest BCUT2D eigenvalue weighted by atomic mass is 16.6. The number of nitrogens with zero attached hydrogens (tertiary/aromatic N) is 4. The topological polar surface area (TPSA) is 103 Å². The van der Waals surface area contributed by atoms with Gasteiger partial charge < -0.3 is 9.84 Å². The number of hydrogen-bond donors (Lipinski definition) is 1. The van der Waals surface area contributed by atoms with E-state index in [2.05, 4.69) is 10.1 Å². The first-order valence-corrected chi connectivity index (χ1v) is 6.50. The van der Waals surface area contributed by atoms with E-state index in [9.17, 15) is 15.2 Å². The molecule has 8 nitrogen and oxygen atoms in total. The lowest BCUT2D eigenvalue weighted by atomic mass is 10.2. The number of rotatable bonds is 7. The molecule has 0 unspecified atom stereocenters. The number of aliphatic hydroxyl groups excluding tert-OH is 1. The highest BCUT2D eigenvalue weighted by Gasteiger charge is 2.12. The third kappa shape index (κ3) is 4.07. The summed E-state index contributed by atoms with van der Waals surface area (Å²) in [5.74, 6) is 0.377. The molecule has 0 saturated carbocycles. The fourth-order valence-corrected chi connectivity index (χ4v) is 1.80. The minimum absolute atomic E-state index is 0.0137. The zero-order valence-electron chi connectivity index (χ0n) is 11.5. The molecule has 0 amide bonds. The van der Waals surface area contributed by atoms with Crippen molar-refractivity contribution in [1.29, 1.82) is 0 Å². The Balaban J connectivity index is 2.09. The minimum atomic E-state index is -0.676. The number of nitro groups is 1. The number of aliphatic hydroxyl groups is 1. The lowest BCUT2D eigenvalue weighted by Gasteiger charge is -2.09. The summed E-state index contributed by atoms with van der Waals surface area (Å²) < 4.78 is 6.60. The minimum Gasteiger partial charge on any atom is -0.389 e. The third-order valence-corrected chi connectivity index (χ3v) is 2.76. The van der Waals surface area contributed by atoms with Crippen molar-refractivity contribution in [2.24, 2.45) is 0 Å². The molecule has 112 valence electrons. The van der Waals surface area contributed by atoms with Crippen LogP contribution < -0.4 is 0 Å². The Hall–Kier alpha value is -2.32. The van der Waals surface area contributed by atoms with Gasteiger partial charge >= 0.3 is 0 Å². The summed E-state index contributed by atoms with van der Waals surface area (Å²) >= 11 is 0. The first kappa shape index (κ1) is 15.1. The van der Waals surface area contributed by atoms with Crippen LogP contribution in [0.5, 0.6) is 0 Å². The van der Waals surface area contributed by atoms with Crippen molar-refractivity contribution in [2.45, 2.75) is 19.6 Å². The number of nitro benzene ring substituents is 1. The average Bonchev–Trinajstić information content (AvgIpc) is 2.93. The molecule has 1 N–H and O–H groups in total. The van der Waals surface area contributed by atoms with Crippen LogP contribution in [0.2, 0.25) is 0 Å². The van der Waals surface area contributed by atoms with Gasteiger partial charge in [0.25, 0.3) is 5.69 Å². The first-order chi connectivity index (χ1) is 10.1. The van der Waals surface area contributed by atoms with Crippen LogP contribution in [0.1, 0.15) is 6.92 Å². The van der Waals surface area contributed by atoms with Gasteiger partial charge in [0.15, 0.2) is 5.82 Å². The maximum absolute atomic E-state index is 10.7. The maximum Gasteiger partial charge on any atom is 0.270 e. The van der Waals surface area contributed by atoms with Crippen molar-refractivity contribution >= 4 is 5.69 Å². The van der Waals surface area contributed by atoms with Crippen molar-refractivity contribution in [3.8, 4) is 11.4 Å². The Morgan fingerprint density at radius 3 is 3.05 bits per heavy atom. The Morgan fingerprint density at radius 1 is 1.52 bits per heavy atom. The molecule has 21 heavy (non-hydrogen) atoms. The lowest BCUT2D eigenvalue weighted by Crippen LogP contribution is -2.22. The molecule has 1 aromatic carbocycles. The summed E-state index contributed by atoms with van der Waals surface area (Å²) in [4.78, 5) is 14.4. The van der Waals surface area contributed by atoms with E-state index in [4.69, 9.17) is 4.74 Å². The van der Waals surface area contributed by atoms with E-state index in [-0.39, 0.29) is 18.8 Å². The van der Waals surface area contributed by atoms with Gasteiger partial charge in [0, 0.05) is 24.3 Å². The Bertz CT molecular complexity index is 614. The van der Waals surface area contributed by atoms with Crippen molar-refractivity contribution in [3.05, 3.63) is 40.7 Å². The fourth-order valence-electron chi connectivity index (χ4n) is 1.80. The van der Waals surface area contributed by atoms with Crippen LogP contribution in [0.15, 0.2) is 30.6 Å². The van der Waals surface area contributed by atoms with Crippen molar-refractivity contribution in [2.75, 3.05) is 13.2 Å². The molecule has 1 atom stereocenters. The van der Waals surface area contributed by atoms with Crippen LogP contribution in [0.4, 0.5) is 5.69 Å². The lowest BCUT2D eigenvalue weighted by molar-refractivity contribution is -0.384. The number of hydrogen-bond acceptors (Lipinski definition) is 6. The SMILES string of the molecule is CCOC[C@@H](O)Cn1cnc(-c2cccc([N+](=O)[O-])c2)n1. The predicted molar refractivity (Wildman–Crippen MR) is 74.6 cm³/mol. The smallest absolute Gasteiger partial charge is 0.270 e. The molecule has 0 saturated heterocycles. The summed E-state index contributed by atoms with van der Waals surface area (Å²) in [6.07, 6.45) is 0.799. The van der Waals surface area contributed by atoms with E-state index in [0.717, 1.165) is 0 Å². The van der Waals surface area contributed by atoms with Crippen LogP contribution in [0.25, 0.3) is 11.4 Å². The summed E-state index contributed by atoms with van der Waals surface area (Å²) in [7, 11) is 0. The molecule has 8 heteroatoms. The molecular weight excluding hydrogens is 276 g/mol. The van der Waals surface area contributed by atoms with Gasteiger partial charge in [0.05, 0.1) is 24.2 Å². The second-order valence-electron chi connectivity index (χ2n) is 4.41. The van der Waals surface area contributed by atoms with Crippen molar-refractivity contribution in [1.82, 2.24) is 14.8 Å². The van der Waals surface area contributed by atoms with Gasteiger partial charge in [-0.15, -0.1) is 0 Å². The molecule has 0 aliphatic carbocycles. The highest BCUT2D eigenvalue weighted by molar-refractivity contribution is 5.58. The molecule has 1 aromatic heterocycles. The number of non-ortho nitro benzene ring substituents is 1. The second kappa shape index (κ2) is 6.91. The summed E-state index contributed by atoms with van der Waals surface area (Å²) in [5, 5.41) is 24.7. The van der Waals surface area contributed by atoms with Crippen LogP contribution in [-0.2, 0) is 11.3 Å². The van der Waals surface area contributed by atoms with E-state index >= 15 is 0 Å². The Morgan fingerprint density at radius 2 is 2.33 bits per heavy atom. The fraction of sp³-hybridized carbons (Fsp3) is 0.385. The molecule has 2 aromatic rings. The Kier molecular flexibility index (Phi) is 4.96. The molecule has 0 aliphatic heterocycles. The average molecular weight is 292 g/mol. The van der Waals surface area contributed by atoms with Crippen molar-refractivity contribution < 1.29 is 14.8 Å². The quantitative estimate of drug-likeness (QED) is 0.608. The molecule has 0 bridgehead atoms. The number of aromatic nitrogens is 3. The van der Waals surface area contributed by atoms with Crippen LogP contribution in [-0.4, -0.2) is 44.1 Å². The van der Waals surface area contributed by atoms with Gasteiger partial charge in [-0.25, -0.2) is 9.67 Å². The Labute approximate surface area is 121 Å². The largest absolute Gasteiger partial charge is 0.389 e. The number of benzene rings is 1. The monoisotopic (exact) mass is 292 g/mol. The molecule has 1 heterocycles. The third-order valence-electron chi connectivity index (χ3n) is 2.76. The predicted octanol–water partition coefficient (Wildman–Crippen LogP) is 1.25. The molecule has 0 radical (unpaired) electrons. The van der Waals surface area contributed by atoms with Gasteiger partial charge in [-0.1, -0.05) is 12.1 Å². The maximum atomic E-state index is 10.7. The van der Waals surface area contributed by atoms with Crippen molar-refractivity contribution in [3.63, 3.8) is 0 Å². The zero-order chi connectivity index (χ0) is 15.2. The summed E-state index contributed by atoms with van der Waals surface area (Å²) in [5.41, 5.74) is 0.544. The van der Waals surface area contributed by atoms with Crippen LogP contribution >= 0.6 is 0 Å². The first-order valence-electron chi connectivity index (χ1n) is 6.50. The van der Waals surface area contributed by atoms with E-state index < -0.39 is 11.0 Å². The molecular formula is C13H16N4O4. The molecule has 2 rings (SSSR count).